The molecule has 1 spiro atoms. The molecular weight excluding hydrogens is 514 g/mol. The zero-order valence-corrected chi connectivity index (χ0v) is 24.5. The highest BCUT2D eigenvalue weighted by Gasteiger charge is 2.65. The van der Waals surface area contributed by atoms with Gasteiger partial charge in [0, 0.05) is 30.1 Å². The average Bonchev–Trinajstić information content (AvgIpc) is 3.53. The number of aromatic nitrogens is 1. The van der Waals surface area contributed by atoms with Crippen molar-refractivity contribution >= 4 is 5.91 Å². The quantitative estimate of drug-likeness (QED) is 0.483. The first-order chi connectivity index (χ1) is 19.9. The number of methoxy groups -OCH3 is 2. The number of nitrogens with zero attached hydrogens (tertiary/aromatic N) is 2. The highest BCUT2D eigenvalue weighted by atomic mass is 16.5. The molecule has 5 aliphatic rings. The third-order valence-electron chi connectivity index (χ3n) is 11.3. The molecule has 7 nitrogen and oxygen atoms in total. The summed E-state index contributed by atoms with van der Waals surface area (Å²) in [5, 5.41) is 0. The van der Waals surface area contributed by atoms with Gasteiger partial charge in [-0.3, -0.25) is 4.79 Å². The maximum atomic E-state index is 14.0. The van der Waals surface area contributed by atoms with Crippen molar-refractivity contribution in [2.75, 3.05) is 40.9 Å². The zero-order chi connectivity index (χ0) is 28.0. The minimum Gasteiger partial charge on any atom is -0.497 e. The lowest BCUT2D eigenvalue weighted by molar-refractivity contribution is -0.0256. The standard InChI is InChI=1S/C34H39N3O4/c1-19-24-18-25-26-17-22-7-10-27(40-4)31-28(22)34(25,13-16-36(26)2)32(41-31)30(24)35-29(19)33(38)37-14-11-21(12-15-37)20-5-8-23(39-3)9-6-20/h5-10,21,25-26,32,35H,11-18H2,1-4H3/t25-,26+,32-,34?/m0/s1. The first kappa shape index (κ1) is 25.3. The summed E-state index contributed by atoms with van der Waals surface area (Å²) in [5.41, 5.74) is 8.30. The molecule has 2 bridgehead atoms. The molecule has 3 aromatic rings. The van der Waals surface area contributed by atoms with Crippen LogP contribution < -0.4 is 14.2 Å². The number of carbonyl (C=O) groups is 1. The Hall–Kier alpha value is -3.45. The van der Waals surface area contributed by atoms with E-state index in [9.17, 15) is 4.79 Å². The molecular formula is C34H39N3O4. The first-order valence-electron chi connectivity index (χ1n) is 15.2. The van der Waals surface area contributed by atoms with Crippen LogP contribution in [0.5, 0.6) is 17.2 Å². The second-order valence-corrected chi connectivity index (χ2v) is 12.8. The van der Waals surface area contributed by atoms with Crippen LogP contribution in [0.3, 0.4) is 0 Å². The van der Waals surface area contributed by atoms with Crippen molar-refractivity contribution in [2.45, 2.75) is 62.5 Å². The number of H-pyrrole nitrogens is 1. The van der Waals surface area contributed by atoms with E-state index in [1.54, 1.807) is 14.2 Å². The van der Waals surface area contributed by atoms with Gasteiger partial charge in [0.25, 0.3) is 5.91 Å². The van der Waals surface area contributed by atoms with Crippen molar-refractivity contribution in [3.05, 3.63) is 75.6 Å². The van der Waals surface area contributed by atoms with E-state index >= 15 is 0 Å². The van der Waals surface area contributed by atoms with Crippen LogP contribution >= 0.6 is 0 Å². The van der Waals surface area contributed by atoms with Crippen LogP contribution in [0.15, 0.2) is 36.4 Å². The number of likely N-dealkylation sites (N-methyl/N-ethyl adjacent to an activating group) is 1. The molecule has 0 radical (unpaired) electrons. The van der Waals surface area contributed by atoms with Crippen LogP contribution in [0.1, 0.15) is 75.3 Å². The van der Waals surface area contributed by atoms with Crippen molar-refractivity contribution in [3.63, 3.8) is 0 Å². The number of aromatic amines is 1. The van der Waals surface area contributed by atoms with Gasteiger partial charge in [-0.2, -0.15) is 0 Å². The van der Waals surface area contributed by atoms with E-state index in [0.717, 1.165) is 85.9 Å². The van der Waals surface area contributed by atoms with Gasteiger partial charge in [-0.1, -0.05) is 18.2 Å². The van der Waals surface area contributed by atoms with Crippen molar-refractivity contribution < 1.29 is 19.0 Å². The number of hydrogen-bond donors (Lipinski definition) is 1. The van der Waals surface area contributed by atoms with E-state index in [4.69, 9.17) is 14.2 Å². The Labute approximate surface area is 241 Å². The molecule has 2 saturated heterocycles. The molecule has 8 rings (SSSR count). The number of benzene rings is 2. The molecule has 214 valence electrons. The van der Waals surface area contributed by atoms with E-state index in [-0.39, 0.29) is 17.4 Å². The van der Waals surface area contributed by atoms with Crippen LogP contribution in [0.25, 0.3) is 0 Å². The summed E-state index contributed by atoms with van der Waals surface area (Å²) in [6, 6.07) is 13.2. The van der Waals surface area contributed by atoms with Gasteiger partial charge in [-0.15, -0.1) is 0 Å². The number of piperidine rings is 2. The number of amides is 1. The third-order valence-corrected chi connectivity index (χ3v) is 11.3. The first-order valence-corrected chi connectivity index (χ1v) is 15.2. The normalized spacial score (nSPS) is 28.1. The van der Waals surface area contributed by atoms with E-state index in [2.05, 4.69) is 48.1 Å². The molecule has 1 unspecified atom stereocenters. The smallest absolute Gasteiger partial charge is 0.270 e. The molecule has 0 saturated carbocycles. The number of rotatable bonds is 4. The Morgan fingerprint density at radius 2 is 1.80 bits per heavy atom. The lowest BCUT2D eigenvalue weighted by Gasteiger charge is -2.57. The number of hydrogen-bond acceptors (Lipinski definition) is 5. The Morgan fingerprint density at radius 1 is 1.02 bits per heavy atom. The topological polar surface area (TPSA) is 67.0 Å². The van der Waals surface area contributed by atoms with Crippen LogP contribution in [0.4, 0.5) is 0 Å². The van der Waals surface area contributed by atoms with Crippen molar-refractivity contribution in [1.29, 1.82) is 0 Å². The second-order valence-electron chi connectivity index (χ2n) is 12.8. The van der Waals surface area contributed by atoms with E-state index in [0.29, 0.717) is 17.9 Å². The van der Waals surface area contributed by atoms with Gasteiger partial charge < -0.3 is 29.0 Å². The molecule has 1 N–H and O–H groups in total. The molecule has 4 heterocycles. The summed E-state index contributed by atoms with van der Waals surface area (Å²) in [6.45, 7) is 4.73. The minimum absolute atomic E-state index is 0.0735. The van der Waals surface area contributed by atoms with Crippen molar-refractivity contribution in [2.24, 2.45) is 5.92 Å². The van der Waals surface area contributed by atoms with Gasteiger partial charge in [0.15, 0.2) is 11.5 Å². The Bertz CT molecular complexity index is 1540. The van der Waals surface area contributed by atoms with E-state index in [1.165, 1.54) is 22.3 Å². The zero-order valence-electron chi connectivity index (χ0n) is 24.5. The fraction of sp³-hybridized carbons (Fsp3) is 0.500. The third kappa shape index (κ3) is 3.38. The lowest BCUT2D eigenvalue weighted by atomic mass is 9.51. The van der Waals surface area contributed by atoms with E-state index in [1.807, 2.05) is 17.0 Å². The largest absolute Gasteiger partial charge is 0.497 e. The molecule has 41 heavy (non-hydrogen) atoms. The SMILES string of the molecule is COc1ccc(C2CCN(C(=O)c3[nH]c4c(c3C)C[C@H]3[C@H]5Cc6ccc(OC)c7c6C3(CCN5C)[C@H]4O7)CC2)cc1. The molecule has 2 aromatic carbocycles. The van der Waals surface area contributed by atoms with E-state index < -0.39 is 0 Å². The number of nitrogens with one attached hydrogen (secondary N) is 1. The van der Waals surface area contributed by atoms with Gasteiger partial charge in [0.2, 0.25) is 0 Å². The summed E-state index contributed by atoms with van der Waals surface area (Å²) in [7, 11) is 5.71. The highest BCUT2D eigenvalue weighted by molar-refractivity contribution is 5.94. The Balaban J connectivity index is 1.11. The van der Waals surface area contributed by atoms with Gasteiger partial charge in [-0.25, -0.2) is 0 Å². The predicted molar refractivity (Wildman–Crippen MR) is 156 cm³/mol. The average molecular weight is 554 g/mol. The van der Waals surface area contributed by atoms with Crippen molar-refractivity contribution in [1.82, 2.24) is 14.8 Å². The summed E-state index contributed by atoms with van der Waals surface area (Å²) in [5.74, 6) is 3.68. The summed E-state index contributed by atoms with van der Waals surface area (Å²) in [4.78, 5) is 22.3. The molecule has 1 amide bonds. The van der Waals surface area contributed by atoms with Crippen LogP contribution in [0, 0.1) is 12.8 Å². The maximum absolute atomic E-state index is 14.0. The lowest BCUT2D eigenvalue weighted by Crippen LogP contribution is -2.62. The molecule has 4 atom stereocenters. The summed E-state index contributed by atoms with van der Waals surface area (Å²) in [6.07, 6.45) is 4.91. The van der Waals surface area contributed by atoms with Crippen LogP contribution in [-0.2, 0) is 18.3 Å². The molecule has 2 aliphatic carbocycles. The van der Waals surface area contributed by atoms with Gasteiger partial charge in [-0.05, 0) is 105 Å². The molecule has 1 aromatic heterocycles. The summed E-state index contributed by atoms with van der Waals surface area (Å²) >= 11 is 0. The van der Waals surface area contributed by atoms with Crippen molar-refractivity contribution in [3.8, 4) is 17.2 Å². The fourth-order valence-electron chi connectivity index (χ4n) is 9.10. The maximum Gasteiger partial charge on any atom is 0.270 e. The summed E-state index contributed by atoms with van der Waals surface area (Å²) < 4.78 is 18.1. The monoisotopic (exact) mass is 553 g/mol. The van der Waals surface area contributed by atoms with Gasteiger partial charge in [0.05, 0.1) is 19.9 Å². The minimum atomic E-state index is -0.112. The number of carbonyl (C=O) groups excluding carboxylic acids is 1. The van der Waals surface area contributed by atoms with Gasteiger partial charge >= 0.3 is 0 Å². The number of likely N-dealkylation sites (tertiary alicyclic amines) is 2. The second kappa shape index (κ2) is 9.02. The van der Waals surface area contributed by atoms with Crippen LogP contribution in [-0.4, -0.2) is 67.6 Å². The molecule has 2 fully saturated rings. The van der Waals surface area contributed by atoms with Crippen LogP contribution in [0.2, 0.25) is 0 Å². The number of fused-ring (bicyclic) bond motifs is 2. The van der Waals surface area contributed by atoms with Gasteiger partial charge in [0.1, 0.15) is 17.5 Å². The Kier molecular flexibility index (Phi) is 5.56. The highest BCUT2D eigenvalue weighted by Crippen LogP contribution is 2.67. The number of ether oxygens (including phenoxy) is 3. The fourth-order valence-corrected chi connectivity index (χ4v) is 9.10. The predicted octanol–water partition coefficient (Wildman–Crippen LogP) is 5.16. The Morgan fingerprint density at radius 3 is 2.54 bits per heavy atom. The molecule has 3 aliphatic heterocycles. The molecule has 7 heteroatoms.